The largest absolute Gasteiger partial charge is 0.494 e. The maximum Gasteiger partial charge on any atom is 0.276 e. The molecule has 0 spiro atoms. The fourth-order valence-corrected chi connectivity index (χ4v) is 2.21. The lowest BCUT2D eigenvalue weighted by Gasteiger charge is -2.12. The van der Waals surface area contributed by atoms with E-state index in [0.29, 0.717) is 23.7 Å². The predicted molar refractivity (Wildman–Crippen MR) is 99.2 cm³/mol. The van der Waals surface area contributed by atoms with Crippen LogP contribution < -0.4 is 20.3 Å². The minimum absolute atomic E-state index is 0.190. The first-order valence-corrected chi connectivity index (χ1v) is 8.52. The monoisotopic (exact) mass is 356 g/mol. The van der Waals surface area contributed by atoms with Crippen molar-refractivity contribution in [3.8, 4) is 11.5 Å². The maximum atomic E-state index is 12.1. The zero-order valence-corrected chi connectivity index (χ0v) is 15.3. The lowest BCUT2D eigenvalue weighted by molar-refractivity contribution is -0.123. The van der Waals surface area contributed by atoms with Crippen molar-refractivity contribution >= 4 is 11.8 Å². The summed E-state index contributed by atoms with van der Waals surface area (Å²) in [6.45, 7) is 6.30. The lowest BCUT2D eigenvalue weighted by Crippen LogP contribution is -2.43. The van der Waals surface area contributed by atoms with Gasteiger partial charge in [-0.15, -0.1) is 0 Å². The van der Waals surface area contributed by atoms with Crippen molar-refractivity contribution in [1.82, 2.24) is 10.9 Å². The van der Waals surface area contributed by atoms with Crippen molar-refractivity contribution in [2.45, 2.75) is 27.2 Å². The van der Waals surface area contributed by atoms with Crippen LogP contribution in [-0.2, 0) is 4.79 Å². The smallest absolute Gasteiger partial charge is 0.276 e. The molecule has 0 atom stereocenters. The Bertz CT molecular complexity index is 774. The summed E-state index contributed by atoms with van der Waals surface area (Å²) in [5.41, 5.74) is 7.18. The molecule has 0 saturated heterocycles. The van der Waals surface area contributed by atoms with E-state index in [4.69, 9.17) is 9.47 Å². The van der Waals surface area contributed by atoms with E-state index in [0.717, 1.165) is 17.5 Å². The number of nitrogens with one attached hydrogen (secondary N) is 2. The van der Waals surface area contributed by atoms with E-state index in [-0.39, 0.29) is 6.61 Å². The lowest BCUT2D eigenvalue weighted by atomic mass is 10.1. The van der Waals surface area contributed by atoms with Crippen LogP contribution in [0.3, 0.4) is 0 Å². The molecule has 0 aliphatic rings. The van der Waals surface area contributed by atoms with Gasteiger partial charge in [-0.05, 0) is 55.7 Å². The second kappa shape index (κ2) is 9.46. The zero-order valence-electron chi connectivity index (χ0n) is 15.3. The summed E-state index contributed by atoms with van der Waals surface area (Å²) < 4.78 is 11.0. The quantitative estimate of drug-likeness (QED) is 0.748. The summed E-state index contributed by atoms with van der Waals surface area (Å²) in [6.07, 6.45) is 0.882. The number of carbonyl (C=O) groups is 2. The van der Waals surface area contributed by atoms with Gasteiger partial charge in [0.1, 0.15) is 11.5 Å². The standard InChI is InChI=1S/C20H24N2O4/c1-4-11-25-17-9-6-8-16(12-17)20(24)22-21-19(23)13-26-18-10-5-7-14(2)15(18)3/h5-10,12H,4,11,13H2,1-3H3,(H,21,23)(H,22,24). The van der Waals surface area contributed by atoms with Gasteiger partial charge in [-0.2, -0.15) is 0 Å². The molecule has 2 rings (SSSR count). The fraction of sp³-hybridized carbons (Fsp3) is 0.300. The second-order valence-corrected chi connectivity index (χ2v) is 5.87. The molecule has 0 fully saturated rings. The highest BCUT2D eigenvalue weighted by Crippen LogP contribution is 2.20. The van der Waals surface area contributed by atoms with Gasteiger partial charge in [0.15, 0.2) is 6.61 Å². The third-order valence-electron chi connectivity index (χ3n) is 3.80. The SMILES string of the molecule is CCCOc1cccc(C(=O)NNC(=O)COc2cccc(C)c2C)c1. The van der Waals surface area contributed by atoms with E-state index in [9.17, 15) is 9.59 Å². The van der Waals surface area contributed by atoms with Crippen LogP contribution in [0, 0.1) is 13.8 Å². The van der Waals surface area contributed by atoms with Gasteiger partial charge in [-0.1, -0.05) is 25.1 Å². The predicted octanol–water partition coefficient (Wildman–Crippen LogP) is 2.93. The first kappa shape index (κ1) is 19.3. The van der Waals surface area contributed by atoms with Gasteiger partial charge in [0, 0.05) is 5.56 Å². The molecule has 6 heteroatoms. The van der Waals surface area contributed by atoms with Gasteiger partial charge >= 0.3 is 0 Å². The molecule has 2 N–H and O–H groups in total. The minimum Gasteiger partial charge on any atom is -0.494 e. The van der Waals surface area contributed by atoms with Gasteiger partial charge in [0.2, 0.25) is 0 Å². The van der Waals surface area contributed by atoms with Crippen LogP contribution in [0.2, 0.25) is 0 Å². The summed E-state index contributed by atoms with van der Waals surface area (Å²) in [7, 11) is 0. The van der Waals surface area contributed by atoms with Gasteiger partial charge in [-0.3, -0.25) is 20.4 Å². The number of hydrogen-bond donors (Lipinski definition) is 2. The van der Waals surface area contributed by atoms with E-state index < -0.39 is 11.8 Å². The molecule has 0 aliphatic heterocycles. The number of hydrogen-bond acceptors (Lipinski definition) is 4. The Morgan fingerprint density at radius 1 is 1.00 bits per heavy atom. The highest BCUT2D eigenvalue weighted by Gasteiger charge is 2.10. The Morgan fingerprint density at radius 2 is 1.77 bits per heavy atom. The molecule has 0 bridgehead atoms. The summed E-state index contributed by atoms with van der Waals surface area (Å²) in [5, 5.41) is 0. The van der Waals surface area contributed by atoms with Crippen LogP contribution in [0.15, 0.2) is 42.5 Å². The van der Waals surface area contributed by atoms with Crippen LogP contribution in [0.25, 0.3) is 0 Å². The molecule has 0 aliphatic carbocycles. The normalized spacial score (nSPS) is 10.1. The molecular weight excluding hydrogens is 332 g/mol. The maximum absolute atomic E-state index is 12.1. The highest BCUT2D eigenvalue weighted by molar-refractivity contribution is 5.95. The molecule has 2 aromatic rings. The van der Waals surface area contributed by atoms with Crippen LogP contribution in [0.1, 0.15) is 34.8 Å². The molecule has 2 aromatic carbocycles. The summed E-state index contributed by atoms with van der Waals surface area (Å²) in [4.78, 5) is 24.0. The third-order valence-corrected chi connectivity index (χ3v) is 3.80. The van der Waals surface area contributed by atoms with E-state index in [1.54, 1.807) is 30.3 Å². The van der Waals surface area contributed by atoms with Crippen molar-refractivity contribution in [1.29, 1.82) is 0 Å². The van der Waals surface area contributed by atoms with E-state index in [2.05, 4.69) is 10.9 Å². The van der Waals surface area contributed by atoms with Crippen molar-refractivity contribution in [3.05, 3.63) is 59.2 Å². The van der Waals surface area contributed by atoms with Gasteiger partial charge < -0.3 is 9.47 Å². The molecule has 26 heavy (non-hydrogen) atoms. The number of amides is 2. The van der Waals surface area contributed by atoms with Crippen LogP contribution in [0.4, 0.5) is 0 Å². The average molecular weight is 356 g/mol. The zero-order chi connectivity index (χ0) is 18.9. The Hall–Kier alpha value is -3.02. The molecular formula is C20H24N2O4. The Kier molecular flexibility index (Phi) is 7.02. The topological polar surface area (TPSA) is 76.7 Å². The molecule has 6 nitrogen and oxygen atoms in total. The number of carbonyl (C=O) groups excluding carboxylic acids is 2. The number of hydrazine groups is 1. The van der Waals surface area contributed by atoms with Crippen LogP contribution >= 0.6 is 0 Å². The highest BCUT2D eigenvalue weighted by atomic mass is 16.5. The molecule has 0 heterocycles. The van der Waals surface area contributed by atoms with Gasteiger partial charge in [-0.25, -0.2) is 0 Å². The van der Waals surface area contributed by atoms with Crippen molar-refractivity contribution in [3.63, 3.8) is 0 Å². The van der Waals surface area contributed by atoms with Gasteiger partial charge in [0.05, 0.1) is 6.61 Å². The number of benzene rings is 2. The number of rotatable bonds is 7. The number of aryl methyl sites for hydroxylation is 1. The van der Waals surface area contributed by atoms with E-state index in [1.807, 2.05) is 32.9 Å². The minimum atomic E-state index is -0.447. The Morgan fingerprint density at radius 3 is 2.54 bits per heavy atom. The summed E-state index contributed by atoms with van der Waals surface area (Å²) >= 11 is 0. The Labute approximate surface area is 153 Å². The second-order valence-electron chi connectivity index (χ2n) is 5.87. The van der Waals surface area contributed by atoms with Crippen molar-refractivity contribution < 1.29 is 19.1 Å². The molecule has 0 aromatic heterocycles. The van der Waals surface area contributed by atoms with Crippen LogP contribution in [-0.4, -0.2) is 25.0 Å². The van der Waals surface area contributed by atoms with Gasteiger partial charge in [0.25, 0.3) is 11.8 Å². The van der Waals surface area contributed by atoms with Crippen molar-refractivity contribution in [2.75, 3.05) is 13.2 Å². The molecule has 0 radical (unpaired) electrons. The summed E-state index contributed by atoms with van der Waals surface area (Å²) in [6, 6.07) is 12.4. The molecule has 0 unspecified atom stereocenters. The van der Waals surface area contributed by atoms with Crippen LogP contribution in [0.5, 0.6) is 11.5 Å². The molecule has 0 saturated carbocycles. The van der Waals surface area contributed by atoms with E-state index >= 15 is 0 Å². The van der Waals surface area contributed by atoms with Crippen molar-refractivity contribution in [2.24, 2.45) is 0 Å². The first-order chi connectivity index (χ1) is 12.5. The Balaban J connectivity index is 1.83. The average Bonchev–Trinajstić information content (AvgIpc) is 2.65. The first-order valence-electron chi connectivity index (χ1n) is 8.52. The van der Waals surface area contributed by atoms with E-state index in [1.165, 1.54) is 0 Å². The fourth-order valence-electron chi connectivity index (χ4n) is 2.21. The summed E-state index contributed by atoms with van der Waals surface area (Å²) in [5.74, 6) is 0.390. The number of ether oxygens (including phenoxy) is 2. The third kappa shape index (κ3) is 5.51. The molecule has 138 valence electrons. The molecule has 2 amide bonds.